The third-order valence-electron chi connectivity index (χ3n) is 2.56. The lowest BCUT2D eigenvalue weighted by molar-refractivity contribution is -0.274. The van der Waals surface area contributed by atoms with Crippen molar-refractivity contribution in [3.05, 3.63) is 46.4 Å². The average Bonchev–Trinajstić information content (AvgIpc) is 2.68. The van der Waals surface area contributed by atoms with E-state index in [1.807, 2.05) is 0 Å². The summed E-state index contributed by atoms with van der Waals surface area (Å²) in [6.07, 6.45) is -4.71. The highest BCUT2D eigenvalue weighted by atomic mass is 19.4. The summed E-state index contributed by atoms with van der Waals surface area (Å²) in [5.41, 5.74) is 0.582. The summed E-state index contributed by atoms with van der Waals surface area (Å²) in [6.45, 7) is 2.28. The van der Waals surface area contributed by atoms with E-state index in [2.05, 4.69) is 9.84 Å². The molecule has 1 aromatic carbocycles. The van der Waals surface area contributed by atoms with Crippen LogP contribution in [-0.2, 0) is 6.54 Å². The van der Waals surface area contributed by atoms with Gasteiger partial charge in [0, 0.05) is 11.8 Å². The second-order valence-electron chi connectivity index (χ2n) is 4.30. The van der Waals surface area contributed by atoms with Crippen molar-refractivity contribution in [3.63, 3.8) is 0 Å². The van der Waals surface area contributed by atoms with Crippen LogP contribution in [0.15, 0.2) is 35.1 Å². The molecule has 5 nitrogen and oxygen atoms in total. The largest absolute Gasteiger partial charge is 0.573 e. The summed E-state index contributed by atoms with van der Waals surface area (Å²) in [4.78, 5) is 11.4. The zero-order chi connectivity index (χ0) is 15.5. The minimum absolute atomic E-state index is 0.162. The Balaban J connectivity index is 1.86. The molecule has 114 valence electrons. The van der Waals surface area contributed by atoms with E-state index in [4.69, 9.17) is 4.74 Å². The van der Waals surface area contributed by atoms with Gasteiger partial charge in [-0.05, 0) is 31.2 Å². The highest BCUT2D eigenvalue weighted by Crippen LogP contribution is 2.24. The third-order valence-corrected chi connectivity index (χ3v) is 2.56. The number of hydrogen-bond donors (Lipinski definition) is 1. The Morgan fingerprint density at radius 1 is 1.19 bits per heavy atom. The van der Waals surface area contributed by atoms with Crippen molar-refractivity contribution >= 4 is 0 Å². The van der Waals surface area contributed by atoms with E-state index in [0.29, 0.717) is 12.3 Å². The molecule has 1 aromatic heterocycles. The van der Waals surface area contributed by atoms with E-state index in [1.165, 1.54) is 22.9 Å². The van der Waals surface area contributed by atoms with Crippen LogP contribution in [0, 0.1) is 6.92 Å². The molecule has 0 unspecified atom stereocenters. The smallest absolute Gasteiger partial charge is 0.492 e. The summed E-state index contributed by atoms with van der Waals surface area (Å²) in [5, 5.41) is 2.84. The maximum atomic E-state index is 12.0. The molecule has 0 saturated heterocycles. The molecule has 0 amide bonds. The standard InChI is InChI=1S/C13H13F3N2O3/c1-9-8-12(19)18(17-9)6-7-20-10-2-4-11(5-3-10)21-13(14,15)16/h2-5,8,17H,6-7H2,1H3. The Morgan fingerprint density at radius 3 is 2.33 bits per heavy atom. The van der Waals surface area contributed by atoms with Crippen LogP contribution < -0.4 is 15.0 Å². The first-order valence-corrected chi connectivity index (χ1v) is 6.08. The molecule has 0 radical (unpaired) electrons. The van der Waals surface area contributed by atoms with Crippen molar-refractivity contribution in [1.82, 2.24) is 9.78 Å². The molecule has 1 N–H and O–H groups in total. The van der Waals surface area contributed by atoms with Crippen molar-refractivity contribution in [2.75, 3.05) is 6.61 Å². The van der Waals surface area contributed by atoms with Crippen molar-refractivity contribution in [2.45, 2.75) is 19.8 Å². The number of benzene rings is 1. The number of aryl methyl sites for hydroxylation is 1. The van der Waals surface area contributed by atoms with Crippen molar-refractivity contribution in [1.29, 1.82) is 0 Å². The van der Waals surface area contributed by atoms with Crippen LogP contribution in [0.2, 0.25) is 0 Å². The van der Waals surface area contributed by atoms with Gasteiger partial charge in [0.25, 0.3) is 5.56 Å². The lowest BCUT2D eigenvalue weighted by atomic mass is 10.3. The van der Waals surface area contributed by atoms with E-state index in [9.17, 15) is 18.0 Å². The Kier molecular flexibility index (Phi) is 4.25. The fraction of sp³-hybridized carbons (Fsp3) is 0.308. The number of nitrogens with one attached hydrogen (secondary N) is 1. The molecular formula is C13H13F3N2O3. The van der Waals surface area contributed by atoms with Crippen LogP contribution in [0.3, 0.4) is 0 Å². The molecule has 0 atom stereocenters. The number of halogens is 3. The van der Waals surface area contributed by atoms with Crippen molar-refractivity contribution < 1.29 is 22.6 Å². The fourth-order valence-corrected chi connectivity index (χ4v) is 1.72. The van der Waals surface area contributed by atoms with Crippen LogP contribution in [0.25, 0.3) is 0 Å². The molecule has 21 heavy (non-hydrogen) atoms. The number of hydrogen-bond acceptors (Lipinski definition) is 3. The van der Waals surface area contributed by atoms with Gasteiger partial charge >= 0.3 is 6.36 Å². The second kappa shape index (κ2) is 5.94. The molecule has 0 aliphatic rings. The van der Waals surface area contributed by atoms with Crippen LogP contribution in [0.1, 0.15) is 5.69 Å². The molecule has 2 aromatic rings. The zero-order valence-corrected chi connectivity index (χ0v) is 11.1. The van der Waals surface area contributed by atoms with Crippen LogP contribution >= 0.6 is 0 Å². The van der Waals surface area contributed by atoms with Gasteiger partial charge in [0.1, 0.15) is 18.1 Å². The monoisotopic (exact) mass is 302 g/mol. The Morgan fingerprint density at radius 2 is 1.81 bits per heavy atom. The first-order valence-electron chi connectivity index (χ1n) is 6.08. The lowest BCUT2D eigenvalue weighted by Crippen LogP contribution is -2.20. The van der Waals surface area contributed by atoms with E-state index in [1.54, 1.807) is 6.92 Å². The normalized spacial score (nSPS) is 11.4. The van der Waals surface area contributed by atoms with Gasteiger partial charge in [0.2, 0.25) is 0 Å². The van der Waals surface area contributed by atoms with E-state index in [-0.39, 0.29) is 17.9 Å². The molecule has 0 fully saturated rings. The zero-order valence-electron chi connectivity index (χ0n) is 11.1. The van der Waals surface area contributed by atoms with Gasteiger partial charge < -0.3 is 9.47 Å². The average molecular weight is 302 g/mol. The second-order valence-corrected chi connectivity index (χ2v) is 4.30. The van der Waals surface area contributed by atoms with Crippen molar-refractivity contribution in [3.8, 4) is 11.5 Å². The van der Waals surface area contributed by atoms with Crippen molar-refractivity contribution in [2.24, 2.45) is 0 Å². The van der Waals surface area contributed by atoms with E-state index in [0.717, 1.165) is 17.8 Å². The molecule has 8 heteroatoms. The molecule has 0 aliphatic carbocycles. The highest BCUT2D eigenvalue weighted by Gasteiger charge is 2.30. The molecule has 0 spiro atoms. The van der Waals surface area contributed by atoms with Gasteiger partial charge in [0.05, 0.1) is 6.54 Å². The first-order chi connectivity index (χ1) is 9.83. The SMILES string of the molecule is Cc1cc(=O)n(CCOc2ccc(OC(F)(F)F)cc2)[nH]1. The van der Waals surface area contributed by atoms with Crippen LogP contribution in [0.5, 0.6) is 11.5 Å². The topological polar surface area (TPSA) is 56.2 Å². The quantitative estimate of drug-likeness (QED) is 0.923. The van der Waals surface area contributed by atoms with Gasteiger partial charge in [-0.25, -0.2) is 4.68 Å². The molecule has 1 heterocycles. The Bertz CT molecular complexity index is 644. The number of alkyl halides is 3. The minimum Gasteiger partial charge on any atom is -0.492 e. The molecule has 0 aliphatic heterocycles. The molecule has 0 saturated carbocycles. The van der Waals surface area contributed by atoms with Gasteiger partial charge in [0.15, 0.2) is 0 Å². The summed E-state index contributed by atoms with van der Waals surface area (Å²) in [5.74, 6) is 0.0758. The molecular weight excluding hydrogens is 289 g/mol. The summed E-state index contributed by atoms with van der Waals surface area (Å²) in [6, 6.07) is 6.51. The number of H-pyrrole nitrogens is 1. The maximum Gasteiger partial charge on any atom is 0.573 e. The van der Waals surface area contributed by atoms with E-state index < -0.39 is 6.36 Å². The minimum atomic E-state index is -4.71. The predicted molar refractivity (Wildman–Crippen MR) is 68.4 cm³/mol. The fourth-order valence-electron chi connectivity index (χ4n) is 1.72. The van der Waals surface area contributed by atoms with Gasteiger partial charge in [-0.2, -0.15) is 0 Å². The Labute approximate surface area is 117 Å². The number of nitrogens with zero attached hydrogens (tertiary/aromatic N) is 1. The Hall–Kier alpha value is -2.38. The van der Waals surface area contributed by atoms with E-state index >= 15 is 0 Å². The predicted octanol–water partition coefficient (Wildman–Crippen LogP) is 2.46. The lowest BCUT2D eigenvalue weighted by Gasteiger charge is -2.10. The number of aromatic nitrogens is 2. The van der Waals surface area contributed by atoms with Gasteiger partial charge in [-0.3, -0.25) is 9.89 Å². The number of ether oxygens (including phenoxy) is 2. The number of aromatic amines is 1. The first kappa shape index (κ1) is 15.0. The highest BCUT2D eigenvalue weighted by molar-refractivity contribution is 5.31. The van der Waals surface area contributed by atoms with Crippen LogP contribution in [-0.4, -0.2) is 22.7 Å². The summed E-state index contributed by atoms with van der Waals surface area (Å²) in [7, 11) is 0. The van der Waals surface area contributed by atoms with Crippen LogP contribution in [0.4, 0.5) is 13.2 Å². The van der Waals surface area contributed by atoms with Gasteiger partial charge in [-0.15, -0.1) is 13.2 Å². The number of rotatable bonds is 5. The molecule has 0 bridgehead atoms. The third kappa shape index (κ3) is 4.59. The van der Waals surface area contributed by atoms with Gasteiger partial charge in [-0.1, -0.05) is 0 Å². The summed E-state index contributed by atoms with van der Waals surface area (Å²) < 4.78 is 46.4. The molecule has 2 rings (SSSR count). The maximum absolute atomic E-state index is 12.0. The summed E-state index contributed by atoms with van der Waals surface area (Å²) >= 11 is 0.